The summed E-state index contributed by atoms with van der Waals surface area (Å²) in [7, 11) is 0. The molecule has 2 aromatic heterocycles. The van der Waals surface area contributed by atoms with E-state index >= 15 is 0 Å². The Bertz CT molecular complexity index is 824. The fraction of sp³-hybridized carbons (Fsp3) is 0.250. The van der Waals surface area contributed by atoms with Crippen molar-refractivity contribution < 1.29 is 0 Å². The van der Waals surface area contributed by atoms with Crippen molar-refractivity contribution in [2.24, 2.45) is 0 Å². The number of imidazole rings is 1. The Hall–Kier alpha value is -1.39. The van der Waals surface area contributed by atoms with E-state index in [4.69, 9.17) is 11.6 Å². The van der Waals surface area contributed by atoms with Crippen molar-refractivity contribution in [1.29, 1.82) is 0 Å². The van der Waals surface area contributed by atoms with Crippen LogP contribution in [0.15, 0.2) is 34.8 Å². The zero-order chi connectivity index (χ0) is 15.1. The maximum Gasteiger partial charge on any atom is 0.164 e. The Balaban J connectivity index is 2.38. The number of fused-ring (bicyclic) bond motifs is 1. The van der Waals surface area contributed by atoms with E-state index in [2.05, 4.69) is 49.5 Å². The van der Waals surface area contributed by atoms with Gasteiger partial charge in [-0.05, 0) is 56.7 Å². The number of aromatic nitrogens is 3. The lowest BCUT2D eigenvalue weighted by atomic mass is 10.2. The van der Waals surface area contributed by atoms with E-state index in [-0.39, 0.29) is 5.38 Å². The Morgan fingerprint density at radius 3 is 2.57 bits per heavy atom. The predicted molar refractivity (Wildman–Crippen MR) is 90.3 cm³/mol. The number of aryl methyl sites for hydroxylation is 2. The first-order chi connectivity index (χ1) is 9.97. The largest absolute Gasteiger partial charge is 0.279 e. The van der Waals surface area contributed by atoms with Crippen molar-refractivity contribution >= 4 is 38.7 Å². The minimum atomic E-state index is -0.192. The highest BCUT2D eigenvalue weighted by atomic mass is 79.9. The molecule has 21 heavy (non-hydrogen) atoms. The molecule has 0 aliphatic heterocycles. The van der Waals surface area contributed by atoms with Crippen LogP contribution < -0.4 is 0 Å². The van der Waals surface area contributed by atoms with E-state index in [1.54, 1.807) is 0 Å². The summed E-state index contributed by atoms with van der Waals surface area (Å²) in [4.78, 5) is 9.30. The Morgan fingerprint density at radius 1 is 1.14 bits per heavy atom. The van der Waals surface area contributed by atoms with Gasteiger partial charge in [0.05, 0.1) is 11.1 Å². The third kappa shape index (κ3) is 2.58. The van der Waals surface area contributed by atoms with E-state index in [9.17, 15) is 0 Å². The van der Waals surface area contributed by atoms with Crippen LogP contribution in [-0.2, 0) is 0 Å². The molecule has 108 valence electrons. The SMILES string of the molecule is Cc1ccc2nc(C(C)Cl)n(-c3ccc(Br)cc3C)c2n1. The minimum absolute atomic E-state index is 0.192. The van der Waals surface area contributed by atoms with Crippen molar-refractivity contribution in [3.63, 3.8) is 0 Å². The number of hydrogen-bond donors (Lipinski definition) is 0. The average molecular weight is 365 g/mol. The topological polar surface area (TPSA) is 30.7 Å². The molecule has 0 saturated heterocycles. The van der Waals surface area contributed by atoms with Crippen LogP contribution in [0.25, 0.3) is 16.9 Å². The normalized spacial score (nSPS) is 12.8. The van der Waals surface area contributed by atoms with Gasteiger partial charge in [-0.3, -0.25) is 4.57 Å². The van der Waals surface area contributed by atoms with Gasteiger partial charge in [0.15, 0.2) is 5.65 Å². The highest BCUT2D eigenvalue weighted by Crippen LogP contribution is 2.29. The molecule has 0 aliphatic rings. The van der Waals surface area contributed by atoms with Crippen molar-refractivity contribution in [2.45, 2.75) is 26.1 Å². The molecular weight excluding hydrogens is 350 g/mol. The Morgan fingerprint density at radius 2 is 1.90 bits per heavy atom. The molecule has 1 atom stereocenters. The molecule has 5 heteroatoms. The molecule has 3 aromatic rings. The fourth-order valence-corrected chi connectivity index (χ4v) is 3.07. The molecule has 0 spiro atoms. The van der Waals surface area contributed by atoms with E-state index in [1.165, 1.54) is 0 Å². The summed E-state index contributed by atoms with van der Waals surface area (Å²) in [5.41, 5.74) is 4.88. The van der Waals surface area contributed by atoms with Gasteiger partial charge in [-0.2, -0.15) is 0 Å². The minimum Gasteiger partial charge on any atom is -0.279 e. The van der Waals surface area contributed by atoms with Crippen LogP contribution in [0.5, 0.6) is 0 Å². The lowest BCUT2D eigenvalue weighted by molar-refractivity contribution is 0.871. The van der Waals surface area contributed by atoms with Gasteiger partial charge in [-0.25, -0.2) is 9.97 Å². The number of halogens is 2. The molecule has 0 radical (unpaired) electrons. The van der Waals surface area contributed by atoms with E-state index in [1.807, 2.05) is 32.0 Å². The van der Waals surface area contributed by atoms with Crippen molar-refractivity contribution in [3.8, 4) is 5.69 Å². The number of rotatable bonds is 2. The van der Waals surface area contributed by atoms with Crippen LogP contribution in [0.1, 0.15) is 29.4 Å². The molecule has 1 unspecified atom stereocenters. The van der Waals surface area contributed by atoms with Gasteiger partial charge in [0.1, 0.15) is 11.3 Å². The number of benzene rings is 1. The Labute approximate surface area is 137 Å². The van der Waals surface area contributed by atoms with Gasteiger partial charge in [-0.15, -0.1) is 11.6 Å². The summed E-state index contributed by atoms with van der Waals surface area (Å²) in [5, 5.41) is -0.192. The maximum atomic E-state index is 6.33. The van der Waals surface area contributed by atoms with E-state index in [0.29, 0.717) is 0 Å². The predicted octanol–water partition coefficient (Wildman–Crippen LogP) is 5.10. The van der Waals surface area contributed by atoms with Gasteiger partial charge in [0.2, 0.25) is 0 Å². The maximum absolute atomic E-state index is 6.33. The molecule has 0 aliphatic carbocycles. The summed E-state index contributed by atoms with van der Waals surface area (Å²) in [5.74, 6) is 0.815. The number of alkyl halides is 1. The van der Waals surface area contributed by atoms with Gasteiger partial charge in [-0.1, -0.05) is 15.9 Å². The summed E-state index contributed by atoms with van der Waals surface area (Å²) in [6.07, 6.45) is 0. The highest BCUT2D eigenvalue weighted by Gasteiger charge is 2.18. The lowest BCUT2D eigenvalue weighted by Crippen LogP contribution is -2.04. The smallest absolute Gasteiger partial charge is 0.164 e. The average Bonchev–Trinajstić information content (AvgIpc) is 2.77. The Kier molecular flexibility index (Phi) is 3.76. The first kappa shape index (κ1) is 14.5. The quantitative estimate of drug-likeness (QED) is 0.592. The van der Waals surface area contributed by atoms with Crippen LogP contribution in [0.3, 0.4) is 0 Å². The molecular formula is C16H15BrClN3. The second-order valence-electron chi connectivity index (χ2n) is 5.15. The molecule has 0 bridgehead atoms. The van der Waals surface area contributed by atoms with Crippen LogP contribution in [0.2, 0.25) is 0 Å². The van der Waals surface area contributed by atoms with Gasteiger partial charge in [0.25, 0.3) is 0 Å². The highest BCUT2D eigenvalue weighted by molar-refractivity contribution is 9.10. The van der Waals surface area contributed by atoms with Crippen LogP contribution in [0.4, 0.5) is 0 Å². The lowest BCUT2D eigenvalue weighted by Gasteiger charge is -2.13. The summed E-state index contributed by atoms with van der Waals surface area (Å²) in [6.45, 7) is 5.99. The molecule has 2 heterocycles. The van der Waals surface area contributed by atoms with Crippen molar-refractivity contribution in [1.82, 2.24) is 14.5 Å². The summed E-state index contributed by atoms with van der Waals surface area (Å²) < 4.78 is 3.11. The third-order valence-corrected chi connectivity index (χ3v) is 4.11. The number of nitrogens with zero attached hydrogens (tertiary/aromatic N) is 3. The van der Waals surface area contributed by atoms with Crippen LogP contribution >= 0.6 is 27.5 Å². The van der Waals surface area contributed by atoms with Gasteiger partial charge < -0.3 is 0 Å². The molecule has 0 N–H and O–H groups in total. The second-order valence-corrected chi connectivity index (χ2v) is 6.72. The van der Waals surface area contributed by atoms with E-state index < -0.39 is 0 Å². The van der Waals surface area contributed by atoms with Crippen molar-refractivity contribution in [2.75, 3.05) is 0 Å². The molecule has 3 nitrogen and oxygen atoms in total. The van der Waals surface area contributed by atoms with Crippen LogP contribution in [-0.4, -0.2) is 14.5 Å². The third-order valence-electron chi connectivity index (χ3n) is 3.43. The van der Waals surface area contributed by atoms with Crippen LogP contribution in [0, 0.1) is 13.8 Å². The standard InChI is InChI=1S/C16H15BrClN3/c1-9-8-12(17)5-7-14(9)21-15(11(3)18)20-13-6-4-10(2)19-16(13)21/h4-8,11H,1-3H3. The molecule has 0 amide bonds. The second kappa shape index (κ2) is 5.43. The zero-order valence-corrected chi connectivity index (χ0v) is 14.4. The molecule has 0 saturated carbocycles. The molecule has 0 fully saturated rings. The molecule has 1 aromatic carbocycles. The van der Waals surface area contributed by atoms with E-state index in [0.717, 1.165) is 38.4 Å². The summed E-state index contributed by atoms with van der Waals surface area (Å²) in [6, 6.07) is 10.1. The first-order valence-corrected chi connectivity index (χ1v) is 7.97. The first-order valence-electron chi connectivity index (χ1n) is 6.74. The monoisotopic (exact) mass is 363 g/mol. The summed E-state index contributed by atoms with van der Waals surface area (Å²) >= 11 is 9.83. The number of pyridine rings is 1. The molecule has 3 rings (SSSR count). The number of hydrogen-bond acceptors (Lipinski definition) is 2. The zero-order valence-electron chi connectivity index (χ0n) is 12.1. The van der Waals surface area contributed by atoms with Crippen molar-refractivity contribution in [3.05, 3.63) is 51.9 Å². The van der Waals surface area contributed by atoms with Gasteiger partial charge >= 0.3 is 0 Å². The fourth-order valence-electron chi connectivity index (χ4n) is 2.44. The van der Waals surface area contributed by atoms with Gasteiger partial charge in [0, 0.05) is 10.2 Å².